The third-order valence-electron chi connectivity index (χ3n) is 6.94. The average Bonchev–Trinajstić information content (AvgIpc) is 3.30. The summed E-state index contributed by atoms with van der Waals surface area (Å²) in [6, 6.07) is 12.7. The van der Waals surface area contributed by atoms with Gasteiger partial charge in [-0.3, -0.25) is 4.31 Å². The van der Waals surface area contributed by atoms with E-state index in [0.717, 1.165) is 47.6 Å². The Morgan fingerprint density at radius 1 is 1.10 bits per heavy atom. The van der Waals surface area contributed by atoms with Crippen LogP contribution in [0.1, 0.15) is 12.5 Å². The lowest BCUT2D eigenvalue weighted by Crippen LogP contribution is -2.49. The van der Waals surface area contributed by atoms with Crippen LogP contribution in [-0.2, 0) is 16.6 Å². The molecule has 0 saturated carbocycles. The van der Waals surface area contributed by atoms with Gasteiger partial charge >= 0.3 is 0 Å². The maximum absolute atomic E-state index is 12.3. The molecule has 0 bridgehead atoms. The van der Waals surface area contributed by atoms with E-state index in [1.807, 2.05) is 54.0 Å². The van der Waals surface area contributed by atoms with E-state index < -0.39 is 10.0 Å². The summed E-state index contributed by atoms with van der Waals surface area (Å²) < 4.78 is 27.8. The van der Waals surface area contributed by atoms with E-state index in [1.54, 1.807) is 12.4 Å². The Balaban J connectivity index is 1.40. The number of hydrogen-bond donors (Lipinski definition) is 2. The Hall–Kier alpha value is -3.90. The van der Waals surface area contributed by atoms with Gasteiger partial charge in [0.05, 0.1) is 24.7 Å². The molecule has 1 aromatic carbocycles. The summed E-state index contributed by atoms with van der Waals surface area (Å²) in [6.07, 6.45) is 6.56. The van der Waals surface area contributed by atoms with E-state index in [4.69, 9.17) is 4.98 Å². The van der Waals surface area contributed by atoms with Gasteiger partial charge in [0.15, 0.2) is 0 Å². The summed E-state index contributed by atoms with van der Waals surface area (Å²) in [5, 5.41) is 7.68. The number of fused-ring (bicyclic) bond motifs is 1. The smallest absolute Gasteiger partial charge is 0.233 e. The fraction of sp³-hybridized carbons (Fsp3) is 0.370. The topological polar surface area (TPSA) is 112 Å². The number of hydrogen-bond acceptors (Lipinski definition) is 9. The summed E-state index contributed by atoms with van der Waals surface area (Å²) in [7, 11) is 1.88. The van der Waals surface area contributed by atoms with Crippen LogP contribution >= 0.6 is 0 Å². The number of benzene rings is 1. The zero-order valence-corrected chi connectivity index (χ0v) is 23.8. The Labute approximate surface area is 229 Å². The molecule has 39 heavy (non-hydrogen) atoms. The van der Waals surface area contributed by atoms with Gasteiger partial charge in [0.25, 0.3) is 0 Å². The van der Waals surface area contributed by atoms with Crippen LogP contribution in [0.3, 0.4) is 0 Å². The molecule has 4 aromatic rings. The van der Waals surface area contributed by atoms with Crippen molar-refractivity contribution in [1.82, 2.24) is 24.8 Å². The average molecular weight is 550 g/mol. The molecule has 11 nitrogen and oxygen atoms in total. The van der Waals surface area contributed by atoms with Gasteiger partial charge in [-0.1, -0.05) is 0 Å². The van der Waals surface area contributed by atoms with Crippen LogP contribution in [0.4, 0.5) is 28.8 Å². The molecule has 1 saturated heterocycles. The molecule has 1 aliphatic rings. The molecule has 12 heteroatoms. The highest BCUT2D eigenvalue weighted by Gasteiger charge is 2.20. The first-order chi connectivity index (χ1) is 18.6. The molecule has 4 heterocycles. The van der Waals surface area contributed by atoms with Gasteiger partial charge in [0.2, 0.25) is 16.0 Å². The predicted octanol–water partition coefficient (Wildman–Crippen LogP) is 2.88. The zero-order chi connectivity index (χ0) is 27.7. The number of aromatic nitrogens is 4. The zero-order valence-electron chi connectivity index (χ0n) is 23.0. The summed E-state index contributed by atoms with van der Waals surface area (Å²) in [4.78, 5) is 18.1. The molecule has 1 aliphatic heterocycles. The van der Waals surface area contributed by atoms with E-state index in [0.29, 0.717) is 24.4 Å². The highest BCUT2D eigenvalue weighted by Crippen LogP contribution is 2.27. The van der Waals surface area contributed by atoms with Crippen molar-refractivity contribution in [1.29, 1.82) is 0 Å². The van der Waals surface area contributed by atoms with Crippen LogP contribution in [0.5, 0.6) is 0 Å². The van der Waals surface area contributed by atoms with E-state index in [-0.39, 0.29) is 0 Å². The van der Waals surface area contributed by atoms with Crippen molar-refractivity contribution in [2.24, 2.45) is 0 Å². The van der Waals surface area contributed by atoms with Gasteiger partial charge in [-0.25, -0.2) is 18.4 Å². The Morgan fingerprint density at radius 2 is 1.87 bits per heavy atom. The van der Waals surface area contributed by atoms with Crippen molar-refractivity contribution in [2.45, 2.75) is 19.5 Å². The molecule has 1 unspecified atom stereocenters. The number of rotatable bonds is 8. The number of pyridine rings is 1. The number of anilines is 5. The number of sulfonamides is 1. The summed E-state index contributed by atoms with van der Waals surface area (Å²) in [5.41, 5.74) is 4.48. The molecule has 3 aromatic heterocycles. The minimum Gasteiger partial charge on any atom is -0.376 e. The van der Waals surface area contributed by atoms with E-state index >= 15 is 0 Å². The fourth-order valence-electron chi connectivity index (χ4n) is 4.69. The summed E-state index contributed by atoms with van der Waals surface area (Å²) >= 11 is 0. The molecule has 0 aliphatic carbocycles. The van der Waals surface area contributed by atoms with Crippen LogP contribution in [-0.4, -0.2) is 81.0 Å². The minimum atomic E-state index is -3.48. The van der Waals surface area contributed by atoms with Crippen molar-refractivity contribution in [3.63, 3.8) is 0 Å². The van der Waals surface area contributed by atoms with Gasteiger partial charge in [0.1, 0.15) is 11.5 Å². The lowest BCUT2D eigenvalue weighted by atomic mass is 10.2. The van der Waals surface area contributed by atoms with Crippen LogP contribution in [0, 0.1) is 0 Å². The number of piperazine rings is 1. The van der Waals surface area contributed by atoms with Gasteiger partial charge in [-0.2, -0.15) is 4.98 Å². The van der Waals surface area contributed by atoms with Gasteiger partial charge in [0, 0.05) is 81.5 Å². The summed E-state index contributed by atoms with van der Waals surface area (Å²) in [6.45, 7) is 5.55. The Kier molecular flexibility index (Phi) is 7.32. The predicted molar refractivity (Wildman–Crippen MR) is 158 cm³/mol. The molecular formula is C27H35N9O2S. The normalized spacial score (nSPS) is 15.9. The second-order valence-corrected chi connectivity index (χ2v) is 12.2. The largest absolute Gasteiger partial charge is 0.376 e. The molecule has 206 valence electrons. The van der Waals surface area contributed by atoms with E-state index in [1.165, 1.54) is 23.3 Å². The minimum absolute atomic E-state index is 0.385. The Bertz CT molecular complexity index is 1570. The Morgan fingerprint density at radius 3 is 2.56 bits per heavy atom. The first-order valence-corrected chi connectivity index (χ1v) is 14.7. The van der Waals surface area contributed by atoms with Crippen LogP contribution in [0.2, 0.25) is 0 Å². The first kappa shape index (κ1) is 26.7. The van der Waals surface area contributed by atoms with Crippen LogP contribution < -0.4 is 24.7 Å². The molecule has 1 atom stereocenters. The monoisotopic (exact) mass is 549 g/mol. The maximum Gasteiger partial charge on any atom is 0.233 e. The van der Waals surface area contributed by atoms with Gasteiger partial charge < -0.3 is 25.0 Å². The van der Waals surface area contributed by atoms with Crippen molar-refractivity contribution in [2.75, 3.05) is 66.5 Å². The summed E-state index contributed by atoms with van der Waals surface area (Å²) in [5.74, 6) is 0.871. The highest BCUT2D eigenvalue weighted by atomic mass is 32.2. The first-order valence-electron chi connectivity index (χ1n) is 12.9. The second-order valence-electron chi connectivity index (χ2n) is 10.2. The van der Waals surface area contributed by atoms with Crippen molar-refractivity contribution in [3.8, 4) is 0 Å². The molecule has 1 fully saturated rings. The molecule has 2 N–H and O–H groups in total. The van der Waals surface area contributed by atoms with Gasteiger partial charge in [-0.05, 0) is 43.3 Å². The van der Waals surface area contributed by atoms with E-state index in [2.05, 4.69) is 44.6 Å². The lowest BCUT2D eigenvalue weighted by Gasteiger charge is -2.33. The second kappa shape index (κ2) is 10.7. The van der Waals surface area contributed by atoms with Crippen LogP contribution in [0.25, 0.3) is 11.0 Å². The number of nitrogens with zero attached hydrogens (tertiary/aromatic N) is 7. The quantitative estimate of drug-likeness (QED) is 0.343. The van der Waals surface area contributed by atoms with Gasteiger partial charge in [-0.15, -0.1) is 0 Å². The molecule has 0 radical (unpaired) electrons. The molecule has 0 spiro atoms. The van der Waals surface area contributed by atoms with Crippen molar-refractivity contribution < 1.29 is 8.42 Å². The third-order valence-corrected chi connectivity index (χ3v) is 8.11. The SMILES string of the molecule is CC1CN(c2ccc(Nc3ncc4ccn(Cc5cc(N(C)C)cnc5N(C)S(C)(=O)=O)c4n3)cc2)CCN1. The molecule has 5 rings (SSSR count). The standard InChI is InChI=1S/C27H35N9O2S/c1-19-17-35(13-11-28-19)23-8-6-22(7-9-23)31-27-30-15-20-10-12-36(26(20)32-27)18-21-14-24(33(2)3)16-29-25(21)34(4)39(5,37)38/h6-10,12,14-16,19,28H,11,13,17-18H2,1-5H3,(H,30,31,32). The van der Waals surface area contributed by atoms with E-state index in [9.17, 15) is 8.42 Å². The molecular weight excluding hydrogens is 514 g/mol. The van der Waals surface area contributed by atoms with Crippen molar-refractivity contribution >= 4 is 49.9 Å². The van der Waals surface area contributed by atoms with Crippen molar-refractivity contribution in [3.05, 3.63) is 60.6 Å². The third kappa shape index (κ3) is 5.91. The highest BCUT2D eigenvalue weighted by molar-refractivity contribution is 7.92. The maximum atomic E-state index is 12.3. The van der Waals surface area contributed by atoms with Crippen LogP contribution in [0.15, 0.2) is 55.0 Å². The lowest BCUT2D eigenvalue weighted by molar-refractivity contribution is 0.485. The fourth-order valence-corrected chi connectivity index (χ4v) is 5.16. The molecule has 0 amide bonds. The number of nitrogens with one attached hydrogen (secondary N) is 2.